The number of carbonyl (C=O) groups is 1. The summed E-state index contributed by atoms with van der Waals surface area (Å²) < 4.78 is 12.3. The van der Waals surface area contributed by atoms with Crippen LogP contribution in [0.15, 0.2) is 34.3 Å². The van der Waals surface area contributed by atoms with Gasteiger partial charge in [-0.05, 0) is 70.0 Å². The number of amidine groups is 1. The molecule has 1 aromatic carbocycles. The van der Waals surface area contributed by atoms with E-state index < -0.39 is 13.9 Å². The Labute approximate surface area is 208 Å². The van der Waals surface area contributed by atoms with E-state index >= 15 is 0 Å². The highest BCUT2D eigenvalue weighted by Crippen LogP contribution is 2.51. The van der Waals surface area contributed by atoms with Gasteiger partial charge < -0.3 is 25.0 Å². The molecule has 0 atom stereocenters. The van der Waals surface area contributed by atoms with E-state index in [1.807, 2.05) is 50.7 Å². The maximum Gasteiger partial charge on any atom is 0.410 e. The summed E-state index contributed by atoms with van der Waals surface area (Å²) >= 11 is 1.81. The number of rotatable bonds is 3. The van der Waals surface area contributed by atoms with Crippen LogP contribution in [0.4, 0.5) is 4.79 Å². The predicted molar refractivity (Wildman–Crippen MR) is 141 cm³/mol. The summed E-state index contributed by atoms with van der Waals surface area (Å²) in [6, 6.07) is 5.84. The van der Waals surface area contributed by atoms with E-state index in [-0.39, 0.29) is 21.7 Å². The highest BCUT2D eigenvalue weighted by Gasteiger charge is 2.44. The molecule has 0 aromatic heterocycles. The normalized spacial score (nSPS) is 18.9. The number of hydrogen-bond donors (Lipinski definition) is 2. The van der Waals surface area contributed by atoms with Gasteiger partial charge in [0, 0.05) is 33.9 Å². The number of carbonyl (C=O) groups excluding carboxylic acids is 1. The number of thioether (sulfide) groups is 1. The van der Waals surface area contributed by atoms with Crippen LogP contribution in [-0.4, -0.2) is 53.8 Å². The average Bonchev–Trinajstić information content (AvgIpc) is 2.71. The van der Waals surface area contributed by atoms with Gasteiger partial charge in [0.05, 0.1) is 0 Å². The van der Waals surface area contributed by atoms with Crippen molar-refractivity contribution in [2.24, 2.45) is 10.9 Å². The number of piperidine rings is 1. The number of benzene rings is 1. The Balaban J connectivity index is 1.94. The lowest BCUT2D eigenvalue weighted by molar-refractivity contribution is 0.0207. The van der Waals surface area contributed by atoms with Crippen LogP contribution in [-0.2, 0) is 9.16 Å². The number of likely N-dealkylation sites (tertiary alicyclic amines) is 1. The molecule has 1 aromatic rings. The lowest BCUT2D eigenvalue weighted by Crippen LogP contribution is -2.47. The van der Waals surface area contributed by atoms with E-state index in [2.05, 4.69) is 45.1 Å². The van der Waals surface area contributed by atoms with E-state index in [1.54, 1.807) is 4.90 Å². The van der Waals surface area contributed by atoms with Crippen LogP contribution in [0, 0.1) is 0 Å². The van der Waals surface area contributed by atoms with Gasteiger partial charge in [-0.25, -0.2) is 4.79 Å². The van der Waals surface area contributed by atoms with Crippen molar-refractivity contribution in [2.45, 2.75) is 87.8 Å². The summed E-state index contributed by atoms with van der Waals surface area (Å²) in [5, 5.41) is 12.4. The molecule has 0 aliphatic carbocycles. The van der Waals surface area contributed by atoms with Crippen molar-refractivity contribution in [2.75, 3.05) is 13.1 Å². The molecule has 1 saturated heterocycles. The zero-order valence-electron chi connectivity index (χ0n) is 21.7. The van der Waals surface area contributed by atoms with Gasteiger partial charge in [0.25, 0.3) is 0 Å². The molecule has 2 heterocycles. The second kappa shape index (κ2) is 9.15. The van der Waals surface area contributed by atoms with Crippen LogP contribution in [0.1, 0.15) is 65.5 Å². The number of amides is 1. The topological polar surface area (TPSA) is 97.4 Å². The molecule has 7 nitrogen and oxygen atoms in total. The molecule has 3 rings (SSSR count). The van der Waals surface area contributed by atoms with E-state index in [9.17, 15) is 4.79 Å². The third-order valence-corrected chi connectivity index (χ3v) is 12.6. The second-order valence-corrected chi connectivity index (χ2v) is 17.9. The van der Waals surface area contributed by atoms with Gasteiger partial charge in [-0.15, -0.1) is 11.8 Å². The van der Waals surface area contributed by atoms with Gasteiger partial charge >= 0.3 is 6.09 Å². The fraction of sp³-hybridized carbons (Fsp3) is 0.600. The number of fused-ring (bicyclic) bond motifs is 1. The fourth-order valence-corrected chi connectivity index (χ4v) is 6.17. The molecule has 0 saturated carbocycles. The standard InChI is InChI=1S/C25H39N3O4SSi/c1-23(2,3)31-22(29)28-13-11-25(12-14-28)16-19(32-34(7,8)24(4,5)6)18-15-17(21(26)27-30)9-10-20(18)33-25/h9-10,15-16,30H,11-14H2,1-8H3,(H2,26,27). The molecule has 188 valence electrons. The van der Waals surface area contributed by atoms with E-state index in [0.717, 1.165) is 29.1 Å². The molecule has 1 fully saturated rings. The lowest BCUT2D eigenvalue weighted by atomic mass is 9.93. The Morgan fingerprint density at radius 1 is 1.18 bits per heavy atom. The minimum absolute atomic E-state index is 0.0367. The van der Waals surface area contributed by atoms with Crippen molar-refractivity contribution >= 4 is 37.8 Å². The number of oxime groups is 1. The van der Waals surface area contributed by atoms with Crippen molar-refractivity contribution in [3.8, 4) is 0 Å². The van der Waals surface area contributed by atoms with Crippen molar-refractivity contribution in [1.29, 1.82) is 0 Å². The van der Waals surface area contributed by atoms with Gasteiger partial charge in [0.2, 0.25) is 8.32 Å². The van der Waals surface area contributed by atoms with E-state index in [1.165, 1.54) is 0 Å². The Morgan fingerprint density at radius 3 is 2.32 bits per heavy atom. The first kappa shape index (κ1) is 26.5. The van der Waals surface area contributed by atoms with Crippen LogP contribution in [0.2, 0.25) is 18.1 Å². The fourth-order valence-electron chi connectivity index (χ4n) is 3.75. The summed E-state index contributed by atoms with van der Waals surface area (Å²) in [6.45, 7) is 18.1. The third-order valence-electron chi connectivity index (χ3n) is 6.79. The van der Waals surface area contributed by atoms with Gasteiger partial charge in [-0.3, -0.25) is 0 Å². The minimum Gasteiger partial charge on any atom is -0.543 e. The average molecular weight is 506 g/mol. The number of nitrogens with two attached hydrogens (primary N) is 1. The van der Waals surface area contributed by atoms with Crippen LogP contribution < -0.4 is 5.73 Å². The monoisotopic (exact) mass is 505 g/mol. The van der Waals surface area contributed by atoms with Crippen LogP contribution >= 0.6 is 11.8 Å². The first-order valence-electron chi connectivity index (χ1n) is 11.8. The molecule has 0 radical (unpaired) electrons. The molecule has 3 N–H and O–H groups in total. The summed E-state index contributed by atoms with van der Waals surface area (Å²) in [5.74, 6) is 0.934. The first-order valence-corrected chi connectivity index (χ1v) is 15.5. The highest BCUT2D eigenvalue weighted by molar-refractivity contribution is 8.01. The SMILES string of the molecule is CC(C)(C)OC(=O)N1CCC2(C=C(O[Si](C)(C)C(C)(C)C)c3cc(C(N)=NO)ccc3S2)CC1. The molecule has 0 unspecified atom stereocenters. The van der Waals surface area contributed by atoms with Crippen molar-refractivity contribution in [1.82, 2.24) is 4.90 Å². The molecular formula is C25H39N3O4SSi. The summed E-state index contributed by atoms with van der Waals surface area (Å²) in [6.07, 6.45) is 3.61. The summed E-state index contributed by atoms with van der Waals surface area (Å²) in [5.41, 5.74) is 7.00. The maximum atomic E-state index is 12.6. The molecule has 1 spiro atoms. The lowest BCUT2D eigenvalue weighted by Gasteiger charge is -2.44. The summed E-state index contributed by atoms with van der Waals surface area (Å²) in [4.78, 5) is 15.5. The van der Waals surface area contributed by atoms with E-state index in [0.29, 0.717) is 18.7 Å². The smallest absolute Gasteiger partial charge is 0.410 e. The number of hydrogen-bond acceptors (Lipinski definition) is 6. The molecular weight excluding hydrogens is 466 g/mol. The molecule has 34 heavy (non-hydrogen) atoms. The molecule has 2 aliphatic rings. The van der Waals surface area contributed by atoms with Gasteiger partial charge in [0.1, 0.15) is 11.4 Å². The maximum absolute atomic E-state index is 12.6. The molecule has 0 bridgehead atoms. The quantitative estimate of drug-likeness (QED) is 0.171. The Kier molecular flexibility index (Phi) is 7.12. The van der Waals surface area contributed by atoms with Crippen molar-refractivity contribution < 1.29 is 19.2 Å². The largest absolute Gasteiger partial charge is 0.543 e. The Morgan fingerprint density at radius 2 is 1.79 bits per heavy atom. The zero-order valence-corrected chi connectivity index (χ0v) is 23.5. The number of nitrogens with zero attached hydrogens (tertiary/aromatic N) is 2. The summed E-state index contributed by atoms with van der Waals surface area (Å²) in [7, 11) is -2.13. The van der Waals surface area contributed by atoms with Gasteiger partial charge in [-0.2, -0.15) is 0 Å². The van der Waals surface area contributed by atoms with Crippen LogP contribution in [0.5, 0.6) is 0 Å². The highest BCUT2D eigenvalue weighted by atomic mass is 32.2. The van der Waals surface area contributed by atoms with Crippen molar-refractivity contribution in [3.05, 3.63) is 35.4 Å². The Hall–Kier alpha value is -2.13. The molecule has 1 amide bonds. The predicted octanol–water partition coefficient (Wildman–Crippen LogP) is 6.02. The van der Waals surface area contributed by atoms with Crippen LogP contribution in [0.25, 0.3) is 5.76 Å². The van der Waals surface area contributed by atoms with Gasteiger partial charge in [0.15, 0.2) is 5.84 Å². The molecule has 9 heteroatoms. The van der Waals surface area contributed by atoms with E-state index in [4.69, 9.17) is 20.1 Å². The van der Waals surface area contributed by atoms with Gasteiger partial charge in [-0.1, -0.05) is 32.0 Å². The first-order chi connectivity index (χ1) is 15.6. The van der Waals surface area contributed by atoms with Crippen molar-refractivity contribution in [3.63, 3.8) is 0 Å². The Bertz CT molecular complexity index is 1000. The van der Waals surface area contributed by atoms with Crippen LogP contribution in [0.3, 0.4) is 0 Å². The number of ether oxygens (including phenoxy) is 1. The second-order valence-electron chi connectivity index (χ2n) is 11.7. The third kappa shape index (κ3) is 5.74. The zero-order chi connectivity index (χ0) is 25.5. The minimum atomic E-state index is -2.13. The molecule has 2 aliphatic heterocycles.